The largest absolute Gasteiger partial charge is 0.370 e. The van der Waals surface area contributed by atoms with Crippen LogP contribution in [-0.2, 0) is 9.59 Å². The van der Waals surface area contributed by atoms with Gasteiger partial charge in [-0.15, -0.1) is 0 Å². The predicted molar refractivity (Wildman–Crippen MR) is 44.0 cm³/mol. The minimum atomic E-state index is -0.732. The van der Waals surface area contributed by atoms with Gasteiger partial charge in [0.1, 0.15) is 0 Å². The highest BCUT2D eigenvalue weighted by Crippen LogP contribution is 2.08. The number of rotatable bonds is 0. The van der Waals surface area contributed by atoms with Crippen LogP contribution < -0.4 is 16.4 Å². The fourth-order valence-electron chi connectivity index (χ4n) is 1.18. The van der Waals surface area contributed by atoms with Gasteiger partial charge in [0.15, 0.2) is 18.2 Å². The average molecular weight is 181 g/mol. The number of guanidine groups is 1. The van der Waals surface area contributed by atoms with Crippen molar-refractivity contribution < 1.29 is 9.59 Å². The molecule has 2 heterocycles. The fourth-order valence-corrected chi connectivity index (χ4v) is 1.18. The molecule has 2 aliphatic rings. The van der Waals surface area contributed by atoms with Crippen molar-refractivity contribution in [2.24, 2.45) is 15.7 Å². The zero-order valence-electron chi connectivity index (χ0n) is 6.52. The van der Waals surface area contributed by atoms with Crippen molar-refractivity contribution >= 4 is 24.0 Å². The van der Waals surface area contributed by atoms with Gasteiger partial charge >= 0.3 is 0 Å². The van der Waals surface area contributed by atoms with E-state index in [4.69, 9.17) is 5.73 Å². The Morgan fingerprint density at radius 3 is 3.00 bits per heavy atom. The molecule has 0 spiro atoms. The van der Waals surface area contributed by atoms with Crippen molar-refractivity contribution in [3.8, 4) is 0 Å². The number of nitrogens with one attached hydrogen (secondary N) is 2. The van der Waals surface area contributed by atoms with Crippen LogP contribution in [0, 0.1) is 0 Å². The maximum atomic E-state index is 11.2. The standard InChI is InChI=1S/C6H7N5O2/c7-6-10-4-3(5(13)11-6)9-2(12)1-8-4/h1,3-4H,(H,9,12)(H3,7,10,11,13). The smallest absolute Gasteiger partial charge is 0.262 e. The lowest BCUT2D eigenvalue weighted by Gasteiger charge is -2.27. The molecule has 2 amide bonds. The van der Waals surface area contributed by atoms with E-state index in [1.54, 1.807) is 0 Å². The van der Waals surface area contributed by atoms with E-state index in [0.717, 1.165) is 6.21 Å². The van der Waals surface area contributed by atoms with Crippen molar-refractivity contribution in [3.63, 3.8) is 0 Å². The maximum Gasteiger partial charge on any atom is 0.262 e. The minimum Gasteiger partial charge on any atom is -0.370 e. The van der Waals surface area contributed by atoms with E-state index in [9.17, 15) is 9.59 Å². The molecule has 7 nitrogen and oxygen atoms in total. The number of hydrogen-bond donors (Lipinski definition) is 3. The number of fused-ring (bicyclic) bond motifs is 1. The molecular formula is C6H7N5O2. The first kappa shape index (κ1) is 7.71. The Labute approximate surface area is 73.1 Å². The molecule has 0 saturated carbocycles. The van der Waals surface area contributed by atoms with Crippen LogP contribution >= 0.6 is 0 Å². The quantitative estimate of drug-likeness (QED) is 0.379. The van der Waals surface area contributed by atoms with Crippen LogP contribution in [0.15, 0.2) is 9.98 Å². The zero-order chi connectivity index (χ0) is 9.42. The molecule has 0 saturated heterocycles. The maximum absolute atomic E-state index is 11.2. The molecule has 4 N–H and O–H groups in total. The highest BCUT2D eigenvalue weighted by molar-refractivity contribution is 6.28. The molecular weight excluding hydrogens is 174 g/mol. The van der Waals surface area contributed by atoms with Crippen molar-refractivity contribution in [3.05, 3.63) is 0 Å². The minimum absolute atomic E-state index is 0.0274. The topological polar surface area (TPSA) is 109 Å². The molecule has 13 heavy (non-hydrogen) atoms. The van der Waals surface area contributed by atoms with Gasteiger partial charge in [0.2, 0.25) is 0 Å². The van der Waals surface area contributed by atoms with Crippen LogP contribution in [0.1, 0.15) is 0 Å². The van der Waals surface area contributed by atoms with Gasteiger partial charge in [-0.25, -0.2) is 4.99 Å². The Morgan fingerprint density at radius 2 is 2.23 bits per heavy atom. The van der Waals surface area contributed by atoms with E-state index in [-0.39, 0.29) is 11.9 Å². The lowest BCUT2D eigenvalue weighted by molar-refractivity contribution is -0.126. The van der Waals surface area contributed by atoms with Crippen molar-refractivity contribution in [2.45, 2.75) is 12.2 Å². The lowest BCUT2D eigenvalue weighted by atomic mass is 10.1. The van der Waals surface area contributed by atoms with Gasteiger partial charge in [0, 0.05) is 0 Å². The number of hydrogen-bond acceptors (Lipinski definition) is 5. The summed E-state index contributed by atoms with van der Waals surface area (Å²) in [6.45, 7) is 0. The zero-order valence-corrected chi connectivity index (χ0v) is 6.52. The van der Waals surface area contributed by atoms with Crippen LogP contribution in [0.5, 0.6) is 0 Å². The molecule has 0 radical (unpaired) electrons. The summed E-state index contributed by atoms with van der Waals surface area (Å²) in [6, 6.07) is -0.732. The summed E-state index contributed by atoms with van der Waals surface area (Å²) in [5.74, 6) is -0.755. The summed E-state index contributed by atoms with van der Waals surface area (Å²) in [6.07, 6.45) is 0.475. The summed E-state index contributed by atoms with van der Waals surface area (Å²) < 4.78 is 0. The first-order valence-electron chi connectivity index (χ1n) is 3.64. The van der Waals surface area contributed by atoms with Gasteiger partial charge in [-0.05, 0) is 0 Å². The molecule has 0 aromatic rings. The monoisotopic (exact) mass is 181 g/mol. The van der Waals surface area contributed by atoms with Gasteiger partial charge in [0.25, 0.3) is 11.8 Å². The van der Waals surface area contributed by atoms with E-state index in [1.807, 2.05) is 0 Å². The first-order valence-corrected chi connectivity index (χ1v) is 3.64. The third-order valence-corrected chi connectivity index (χ3v) is 1.75. The molecule has 0 fully saturated rings. The highest BCUT2D eigenvalue weighted by atomic mass is 16.2. The number of carbonyl (C=O) groups is 2. The van der Waals surface area contributed by atoms with Gasteiger partial charge in [-0.1, -0.05) is 0 Å². The number of carbonyl (C=O) groups excluding carboxylic acids is 2. The molecule has 0 aromatic heterocycles. The Kier molecular flexibility index (Phi) is 1.51. The van der Waals surface area contributed by atoms with Crippen LogP contribution in [0.2, 0.25) is 0 Å². The van der Waals surface area contributed by atoms with Gasteiger partial charge in [-0.2, -0.15) is 0 Å². The molecule has 0 aliphatic carbocycles. The number of amides is 2. The Hall–Kier alpha value is -1.92. The summed E-state index contributed by atoms with van der Waals surface area (Å²) in [5, 5.41) is 4.72. The predicted octanol–water partition coefficient (Wildman–Crippen LogP) is -2.67. The summed E-state index contributed by atoms with van der Waals surface area (Å²) in [4.78, 5) is 29.7. The van der Waals surface area contributed by atoms with Crippen molar-refractivity contribution in [2.75, 3.05) is 0 Å². The van der Waals surface area contributed by atoms with E-state index in [1.165, 1.54) is 0 Å². The van der Waals surface area contributed by atoms with E-state index < -0.39 is 18.1 Å². The SMILES string of the molecule is NC1=NC2N=CC(=O)NC2C(=O)N1. The second kappa shape index (κ2) is 2.54. The number of nitrogens with two attached hydrogens (primary N) is 1. The Balaban J connectivity index is 2.33. The van der Waals surface area contributed by atoms with Gasteiger partial charge in [-0.3, -0.25) is 19.9 Å². The molecule has 2 unspecified atom stereocenters. The van der Waals surface area contributed by atoms with Crippen molar-refractivity contribution in [1.29, 1.82) is 0 Å². The van der Waals surface area contributed by atoms with E-state index >= 15 is 0 Å². The van der Waals surface area contributed by atoms with Gasteiger partial charge < -0.3 is 11.1 Å². The number of aliphatic imine (C=N–C) groups is 2. The molecule has 68 valence electrons. The molecule has 0 aromatic carbocycles. The summed E-state index contributed by atoms with van der Waals surface area (Å²) in [5.41, 5.74) is 5.30. The van der Waals surface area contributed by atoms with Crippen LogP contribution in [0.4, 0.5) is 0 Å². The molecule has 0 bridgehead atoms. The number of nitrogens with zero attached hydrogens (tertiary/aromatic N) is 2. The first-order chi connectivity index (χ1) is 6.16. The van der Waals surface area contributed by atoms with Crippen LogP contribution in [0.3, 0.4) is 0 Å². The van der Waals surface area contributed by atoms with E-state index in [2.05, 4.69) is 20.6 Å². The second-order valence-electron chi connectivity index (χ2n) is 2.68. The van der Waals surface area contributed by atoms with Gasteiger partial charge in [0.05, 0.1) is 6.21 Å². The average Bonchev–Trinajstić information content (AvgIpc) is 2.06. The second-order valence-corrected chi connectivity index (χ2v) is 2.68. The molecule has 2 atom stereocenters. The normalized spacial score (nSPS) is 31.5. The third kappa shape index (κ3) is 1.24. The summed E-state index contributed by atoms with van der Waals surface area (Å²) in [7, 11) is 0. The van der Waals surface area contributed by atoms with Crippen LogP contribution in [0.25, 0.3) is 0 Å². The van der Waals surface area contributed by atoms with Crippen LogP contribution in [-0.4, -0.2) is 36.2 Å². The molecule has 2 rings (SSSR count). The van der Waals surface area contributed by atoms with Crippen molar-refractivity contribution in [1.82, 2.24) is 10.6 Å². The fraction of sp³-hybridized carbons (Fsp3) is 0.333. The van der Waals surface area contributed by atoms with E-state index in [0.29, 0.717) is 0 Å². The molecule has 7 heteroatoms. The summed E-state index contributed by atoms with van der Waals surface area (Å²) >= 11 is 0. The Morgan fingerprint density at radius 1 is 1.46 bits per heavy atom. The molecule has 2 aliphatic heterocycles. The third-order valence-electron chi connectivity index (χ3n) is 1.75. The Bertz CT molecular complexity index is 334. The lowest BCUT2D eigenvalue weighted by Crippen LogP contribution is -2.60. The highest BCUT2D eigenvalue weighted by Gasteiger charge is 2.35.